The second-order valence-electron chi connectivity index (χ2n) is 5.55. The van der Waals surface area contributed by atoms with Crippen LogP contribution in [0.1, 0.15) is 37.7 Å². The molecule has 1 aliphatic rings. The summed E-state index contributed by atoms with van der Waals surface area (Å²) in [6.07, 6.45) is 8.87. The van der Waals surface area contributed by atoms with Gasteiger partial charge in [-0.25, -0.2) is 0 Å². The van der Waals surface area contributed by atoms with Crippen LogP contribution in [-0.4, -0.2) is 29.8 Å². The second-order valence-corrected chi connectivity index (χ2v) is 6.82. The molecule has 112 valence electrons. The molecule has 3 nitrogen and oxygen atoms in total. The molecule has 0 unspecified atom stereocenters. The molecular formula is C16H25NO2S. The second kappa shape index (κ2) is 7.23. The Hall–Kier alpha value is -0.870. The summed E-state index contributed by atoms with van der Waals surface area (Å²) in [7, 11) is 1.65. The van der Waals surface area contributed by atoms with Crippen LogP contribution in [0.4, 0.5) is 0 Å². The van der Waals surface area contributed by atoms with Gasteiger partial charge >= 0.3 is 0 Å². The Bertz CT molecular complexity index is 430. The fourth-order valence-electron chi connectivity index (χ4n) is 2.90. The first-order chi connectivity index (χ1) is 9.69. The average molecular weight is 295 g/mol. The molecule has 2 N–H and O–H groups in total. The quantitative estimate of drug-likeness (QED) is 0.842. The summed E-state index contributed by atoms with van der Waals surface area (Å²) in [5, 5.41) is 13.4. The minimum absolute atomic E-state index is 0.333. The summed E-state index contributed by atoms with van der Waals surface area (Å²) >= 11 is 1.99. The number of rotatable bonds is 6. The zero-order valence-electron chi connectivity index (χ0n) is 12.4. The van der Waals surface area contributed by atoms with Crippen LogP contribution in [0.25, 0.3) is 0 Å². The van der Waals surface area contributed by atoms with Crippen molar-refractivity contribution in [1.29, 1.82) is 0 Å². The van der Waals surface area contributed by atoms with Gasteiger partial charge in [0, 0.05) is 23.4 Å². The number of hydrogen-bond acceptors (Lipinski definition) is 4. The number of phenolic OH excluding ortho intramolecular Hbond substituents is 1. The lowest BCUT2D eigenvalue weighted by Gasteiger charge is -2.36. The number of methoxy groups -OCH3 is 1. The Labute approximate surface area is 126 Å². The molecule has 0 saturated heterocycles. The summed E-state index contributed by atoms with van der Waals surface area (Å²) in [6.45, 7) is 1.69. The largest absolute Gasteiger partial charge is 0.508 e. The van der Waals surface area contributed by atoms with Gasteiger partial charge in [0.25, 0.3) is 0 Å². The monoisotopic (exact) mass is 295 g/mol. The summed E-state index contributed by atoms with van der Waals surface area (Å²) in [5.74, 6) is 1.12. The molecule has 0 heterocycles. The highest BCUT2D eigenvalue weighted by Gasteiger charge is 2.30. The highest BCUT2D eigenvalue weighted by Crippen LogP contribution is 2.38. The number of aromatic hydroxyl groups is 1. The number of nitrogens with one attached hydrogen (secondary N) is 1. The highest BCUT2D eigenvalue weighted by atomic mass is 32.2. The van der Waals surface area contributed by atoms with Gasteiger partial charge in [-0.3, -0.25) is 0 Å². The van der Waals surface area contributed by atoms with Crippen LogP contribution in [0, 0.1) is 0 Å². The van der Waals surface area contributed by atoms with Gasteiger partial charge in [-0.05, 0) is 37.3 Å². The van der Waals surface area contributed by atoms with Crippen molar-refractivity contribution < 1.29 is 9.84 Å². The molecule has 1 aliphatic carbocycles. The third-order valence-corrected chi connectivity index (χ3v) is 5.67. The van der Waals surface area contributed by atoms with Crippen molar-refractivity contribution >= 4 is 11.8 Å². The van der Waals surface area contributed by atoms with E-state index in [1.54, 1.807) is 19.2 Å². The molecule has 0 aromatic heterocycles. The van der Waals surface area contributed by atoms with E-state index in [1.807, 2.05) is 17.8 Å². The lowest BCUT2D eigenvalue weighted by Crippen LogP contribution is -2.39. The van der Waals surface area contributed by atoms with Gasteiger partial charge < -0.3 is 15.2 Å². The van der Waals surface area contributed by atoms with Crippen LogP contribution in [0.5, 0.6) is 11.5 Å². The van der Waals surface area contributed by atoms with Gasteiger partial charge in [-0.15, -0.1) is 0 Å². The maximum atomic E-state index is 9.89. The smallest absolute Gasteiger partial charge is 0.120 e. The number of thioether (sulfide) groups is 1. The molecule has 20 heavy (non-hydrogen) atoms. The minimum Gasteiger partial charge on any atom is -0.508 e. The van der Waals surface area contributed by atoms with Gasteiger partial charge in [0.15, 0.2) is 0 Å². The van der Waals surface area contributed by atoms with Crippen molar-refractivity contribution in [1.82, 2.24) is 5.32 Å². The van der Waals surface area contributed by atoms with E-state index in [2.05, 4.69) is 11.6 Å². The van der Waals surface area contributed by atoms with Gasteiger partial charge in [-0.2, -0.15) is 11.8 Å². The van der Waals surface area contributed by atoms with Crippen molar-refractivity contribution in [3.63, 3.8) is 0 Å². The number of benzene rings is 1. The van der Waals surface area contributed by atoms with Gasteiger partial charge in [-0.1, -0.05) is 19.3 Å². The van der Waals surface area contributed by atoms with E-state index in [1.165, 1.54) is 32.1 Å². The Balaban J connectivity index is 1.91. The predicted molar refractivity (Wildman–Crippen MR) is 85.7 cm³/mol. The molecule has 0 amide bonds. The summed E-state index contributed by atoms with van der Waals surface area (Å²) in [5.41, 5.74) is 0.899. The fraction of sp³-hybridized carbons (Fsp3) is 0.625. The Kier molecular flexibility index (Phi) is 5.61. The van der Waals surface area contributed by atoms with E-state index in [9.17, 15) is 5.11 Å². The summed E-state index contributed by atoms with van der Waals surface area (Å²) < 4.78 is 5.59. The summed E-state index contributed by atoms with van der Waals surface area (Å²) in [6, 6.07) is 5.37. The third-order valence-electron chi connectivity index (χ3n) is 4.25. The summed E-state index contributed by atoms with van der Waals surface area (Å²) in [4.78, 5) is 0. The predicted octanol–water partition coefficient (Wildman–Crippen LogP) is 3.56. The standard InChI is InChI=1S/C16H25NO2S/c1-19-14-6-7-15(18)13(10-14)11-17-12-16(20-2)8-4-3-5-9-16/h6-7,10,17-18H,3-5,8-9,11-12H2,1-2H3. The molecule has 4 heteroatoms. The van der Waals surface area contributed by atoms with Crippen LogP contribution < -0.4 is 10.1 Å². The molecule has 0 aliphatic heterocycles. The lowest BCUT2D eigenvalue weighted by molar-refractivity contribution is 0.377. The number of hydrogen-bond donors (Lipinski definition) is 2. The lowest BCUT2D eigenvalue weighted by atomic mass is 9.88. The van der Waals surface area contributed by atoms with Crippen LogP contribution in [0.3, 0.4) is 0 Å². The van der Waals surface area contributed by atoms with Crippen molar-refractivity contribution in [2.75, 3.05) is 19.9 Å². The van der Waals surface area contributed by atoms with E-state index in [0.717, 1.165) is 17.9 Å². The van der Waals surface area contributed by atoms with E-state index < -0.39 is 0 Å². The van der Waals surface area contributed by atoms with Crippen molar-refractivity contribution in [2.24, 2.45) is 0 Å². The molecule has 1 saturated carbocycles. The van der Waals surface area contributed by atoms with E-state index >= 15 is 0 Å². The molecule has 0 spiro atoms. The van der Waals surface area contributed by atoms with Crippen LogP contribution in [-0.2, 0) is 6.54 Å². The molecule has 0 atom stereocenters. The highest BCUT2D eigenvalue weighted by molar-refractivity contribution is 8.00. The number of ether oxygens (including phenoxy) is 1. The van der Waals surface area contributed by atoms with Crippen LogP contribution >= 0.6 is 11.8 Å². The van der Waals surface area contributed by atoms with Gasteiger partial charge in [0.2, 0.25) is 0 Å². The SMILES string of the molecule is COc1ccc(O)c(CNCC2(SC)CCCCC2)c1. The fourth-order valence-corrected chi connectivity index (χ4v) is 3.85. The Morgan fingerprint density at radius 1 is 1.30 bits per heavy atom. The molecule has 1 aromatic carbocycles. The van der Waals surface area contributed by atoms with E-state index in [4.69, 9.17) is 4.74 Å². The van der Waals surface area contributed by atoms with Gasteiger partial charge in [0.05, 0.1) is 7.11 Å². The minimum atomic E-state index is 0.333. The first-order valence-corrected chi connectivity index (χ1v) is 8.53. The molecule has 2 rings (SSSR count). The van der Waals surface area contributed by atoms with Crippen molar-refractivity contribution in [3.05, 3.63) is 23.8 Å². The van der Waals surface area contributed by atoms with Gasteiger partial charge in [0.1, 0.15) is 11.5 Å². The average Bonchev–Trinajstić information content (AvgIpc) is 2.50. The maximum absolute atomic E-state index is 9.89. The van der Waals surface area contributed by atoms with Crippen molar-refractivity contribution in [3.8, 4) is 11.5 Å². The molecule has 0 bridgehead atoms. The molecule has 0 radical (unpaired) electrons. The topological polar surface area (TPSA) is 41.5 Å². The van der Waals surface area contributed by atoms with E-state index in [-0.39, 0.29) is 0 Å². The maximum Gasteiger partial charge on any atom is 0.120 e. The third kappa shape index (κ3) is 3.83. The molecule has 1 aromatic rings. The number of phenols is 1. The molecular weight excluding hydrogens is 270 g/mol. The Morgan fingerprint density at radius 2 is 2.05 bits per heavy atom. The van der Waals surface area contributed by atoms with Crippen LogP contribution in [0.15, 0.2) is 18.2 Å². The zero-order valence-corrected chi connectivity index (χ0v) is 13.3. The molecule has 1 fully saturated rings. The zero-order chi connectivity index (χ0) is 14.4. The first kappa shape index (κ1) is 15.5. The van der Waals surface area contributed by atoms with Crippen LogP contribution in [0.2, 0.25) is 0 Å². The Morgan fingerprint density at radius 3 is 2.70 bits per heavy atom. The normalized spacial score (nSPS) is 17.9. The first-order valence-electron chi connectivity index (χ1n) is 7.31. The van der Waals surface area contributed by atoms with E-state index in [0.29, 0.717) is 17.0 Å². The van der Waals surface area contributed by atoms with Crippen molar-refractivity contribution in [2.45, 2.75) is 43.4 Å².